The second kappa shape index (κ2) is 7.45. The Balaban J connectivity index is 1.95. The summed E-state index contributed by atoms with van der Waals surface area (Å²) in [6.07, 6.45) is 4.26. The van der Waals surface area contributed by atoms with E-state index in [1.165, 1.54) is 0 Å². The van der Waals surface area contributed by atoms with Crippen molar-refractivity contribution in [1.82, 2.24) is 9.97 Å². The lowest BCUT2D eigenvalue weighted by atomic mass is 10.1. The number of nitrogens with two attached hydrogens (primary N) is 1. The van der Waals surface area contributed by atoms with E-state index in [2.05, 4.69) is 34.3 Å². The van der Waals surface area contributed by atoms with Gasteiger partial charge in [0.15, 0.2) is 0 Å². The quantitative estimate of drug-likeness (QED) is 0.809. The van der Waals surface area contributed by atoms with Gasteiger partial charge in [-0.05, 0) is 17.5 Å². The van der Waals surface area contributed by atoms with Crippen LogP contribution in [-0.4, -0.2) is 16.6 Å². The summed E-state index contributed by atoms with van der Waals surface area (Å²) < 4.78 is 5.45. The van der Waals surface area contributed by atoms with Crippen molar-refractivity contribution < 1.29 is 4.74 Å². The van der Waals surface area contributed by atoms with E-state index in [4.69, 9.17) is 10.5 Å². The van der Waals surface area contributed by atoms with Crippen LogP contribution in [0.3, 0.4) is 0 Å². The molecule has 0 atom stereocenters. The topological polar surface area (TPSA) is 73.1 Å². The summed E-state index contributed by atoms with van der Waals surface area (Å²) in [6, 6.07) is 8.16. The molecule has 0 aliphatic heterocycles. The molecule has 0 aliphatic rings. The van der Waals surface area contributed by atoms with Gasteiger partial charge in [0.05, 0.1) is 19.0 Å². The highest BCUT2D eigenvalue weighted by molar-refractivity contribution is 5.35. The molecule has 0 aliphatic carbocycles. The number of ether oxygens (including phenoxy) is 1. The van der Waals surface area contributed by atoms with Crippen LogP contribution < -0.4 is 15.8 Å². The van der Waals surface area contributed by atoms with E-state index in [9.17, 15) is 0 Å². The monoisotopic (exact) mass is 272 g/mol. The van der Waals surface area contributed by atoms with Crippen LogP contribution >= 0.6 is 0 Å². The van der Waals surface area contributed by atoms with Crippen LogP contribution in [0.4, 0.5) is 5.82 Å². The molecule has 2 aromatic rings. The van der Waals surface area contributed by atoms with Crippen molar-refractivity contribution in [3.63, 3.8) is 0 Å². The van der Waals surface area contributed by atoms with E-state index in [1.54, 1.807) is 12.4 Å². The SMILES string of the molecule is CCCOc1cncc(NCc2cccc(CN)c2)n1. The molecule has 0 unspecified atom stereocenters. The zero-order valence-electron chi connectivity index (χ0n) is 11.7. The highest BCUT2D eigenvalue weighted by Gasteiger charge is 2.00. The Labute approximate surface area is 119 Å². The Morgan fingerprint density at radius 1 is 1.25 bits per heavy atom. The van der Waals surface area contributed by atoms with Gasteiger partial charge in [-0.15, -0.1) is 0 Å². The molecular formula is C15H20N4O. The highest BCUT2D eigenvalue weighted by Crippen LogP contribution is 2.11. The first-order valence-electron chi connectivity index (χ1n) is 6.78. The number of rotatable bonds is 7. The zero-order chi connectivity index (χ0) is 14.2. The lowest BCUT2D eigenvalue weighted by Gasteiger charge is -2.08. The molecule has 1 heterocycles. The minimum absolute atomic E-state index is 0.549. The van der Waals surface area contributed by atoms with Crippen LogP contribution in [-0.2, 0) is 13.1 Å². The van der Waals surface area contributed by atoms with E-state index < -0.39 is 0 Å². The minimum Gasteiger partial charge on any atom is -0.477 e. The molecule has 0 radical (unpaired) electrons. The van der Waals surface area contributed by atoms with Crippen LogP contribution in [0.2, 0.25) is 0 Å². The maximum absolute atomic E-state index is 5.63. The van der Waals surface area contributed by atoms with Gasteiger partial charge in [-0.3, -0.25) is 4.98 Å². The number of nitrogens with zero attached hydrogens (tertiary/aromatic N) is 2. The summed E-state index contributed by atoms with van der Waals surface area (Å²) in [4.78, 5) is 8.46. The molecule has 1 aromatic heterocycles. The van der Waals surface area contributed by atoms with E-state index in [-0.39, 0.29) is 0 Å². The third kappa shape index (κ3) is 4.20. The summed E-state index contributed by atoms with van der Waals surface area (Å²) in [5.74, 6) is 1.25. The summed E-state index contributed by atoms with van der Waals surface area (Å²) in [7, 11) is 0. The minimum atomic E-state index is 0.549. The Hall–Kier alpha value is -2.14. The molecule has 0 amide bonds. The molecule has 5 heteroatoms. The van der Waals surface area contributed by atoms with Gasteiger partial charge >= 0.3 is 0 Å². The molecule has 20 heavy (non-hydrogen) atoms. The third-order valence-electron chi connectivity index (χ3n) is 2.77. The molecule has 0 fully saturated rings. The Morgan fingerprint density at radius 2 is 2.10 bits per heavy atom. The van der Waals surface area contributed by atoms with Gasteiger partial charge in [0.2, 0.25) is 5.88 Å². The standard InChI is InChI=1S/C15H20N4O/c1-2-6-20-15-11-17-10-14(19-15)18-9-13-5-3-4-12(7-13)8-16/h3-5,7,10-11H,2,6,8-9,16H2,1H3,(H,18,19). The maximum Gasteiger partial charge on any atom is 0.234 e. The van der Waals surface area contributed by atoms with Gasteiger partial charge in [-0.2, -0.15) is 4.98 Å². The van der Waals surface area contributed by atoms with Crippen molar-refractivity contribution in [1.29, 1.82) is 0 Å². The molecule has 1 aromatic carbocycles. The predicted octanol–water partition coefficient (Wildman–Crippen LogP) is 2.34. The van der Waals surface area contributed by atoms with E-state index in [0.29, 0.717) is 31.4 Å². The maximum atomic E-state index is 5.63. The lowest BCUT2D eigenvalue weighted by Crippen LogP contribution is -2.05. The molecule has 5 nitrogen and oxygen atoms in total. The third-order valence-corrected chi connectivity index (χ3v) is 2.77. The largest absolute Gasteiger partial charge is 0.477 e. The summed E-state index contributed by atoms with van der Waals surface area (Å²) in [6.45, 7) is 3.93. The fourth-order valence-electron chi connectivity index (χ4n) is 1.77. The normalized spacial score (nSPS) is 10.3. The van der Waals surface area contributed by atoms with Crippen LogP contribution in [0.25, 0.3) is 0 Å². The van der Waals surface area contributed by atoms with Crippen molar-refractivity contribution in [2.24, 2.45) is 5.73 Å². The van der Waals surface area contributed by atoms with Gasteiger partial charge in [-0.1, -0.05) is 31.2 Å². The predicted molar refractivity (Wildman–Crippen MR) is 79.5 cm³/mol. The average Bonchev–Trinajstić information content (AvgIpc) is 2.51. The van der Waals surface area contributed by atoms with E-state index in [1.807, 2.05) is 12.1 Å². The molecule has 0 spiro atoms. The number of anilines is 1. The smallest absolute Gasteiger partial charge is 0.234 e. The number of hydrogen-bond donors (Lipinski definition) is 2. The number of benzene rings is 1. The second-order valence-corrected chi connectivity index (χ2v) is 4.47. The van der Waals surface area contributed by atoms with Crippen molar-refractivity contribution in [2.45, 2.75) is 26.4 Å². The molecular weight excluding hydrogens is 252 g/mol. The fourth-order valence-corrected chi connectivity index (χ4v) is 1.77. The highest BCUT2D eigenvalue weighted by atomic mass is 16.5. The van der Waals surface area contributed by atoms with Crippen LogP contribution in [0.15, 0.2) is 36.7 Å². The lowest BCUT2D eigenvalue weighted by molar-refractivity contribution is 0.304. The Bertz CT molecular complexity index is 545. The van der Waals surface area contributed by atoms with Gasteiger partial charge < -0.3 is 15.8 Å². The van der Waals surface area contributed by atoms with E-state index >= 15 is 0 Å². The molecule has 2 rings (SSSR count). The average molecular weight is 272 g/mol. The molecule has 0 saturated heterocycles. The second-order valence-electron chi connectivity index (χ2n) is 4.47. The van der Waals surface area contributed by atoms with E-state index in [0.717, 1.165) is 17.5 Å². The van der Waals surface area contributed by atoms with Gasteiger partial charge in [0, 0.05) is 13.1 Å². The zero-order valence-corrected chi connectivity index (χ0v) is 11.7. The fraction of sp³-hybridized carbons (Fsp3) is 0.333. The summed E-state index contributed by atoms with van der Waals surface area (Å²) >= 11 is 0. The van der Waals surface area contributed by atoms with Crippen molar-refractivity contribution >= 4 is 5.82 Å². The first-order chi connectivity index (χ1) is 9.81. The molecule has 106 valence electrons. The van der Waals surface area contributed by atoms with Crippen LogP contribution in [0, 0.1) is 0 Å². The molecule has 0 saturated carbocycles. The summed E-state index contributed by atoms with van der Waals surface area (Å²) in [5, 5.41) is 3.23. The van der Waals surface area contributed by atoms with Crippen molar-refractivity contribution in [2.75, 3.05) is 11.9 Å². The van der Waals surface area contributed by atoms with Crippen LogP contribution in [0.1, 0.15) is 24.5 Å². The molecule has 3 N–H and O–H groups in total. The Kier molecular flexibility index (Phi) is 5.32. The number of hydrogen-bond acceptors (Lipinski definition) is 5. The number of nitrogens with one attached hydrogen (secondary N) is 1. The van der Waals surface area contributed by atoms with Crippen molar-refractivity contribution in [3.8, 4) is 5.88 Å². The van der Waals surface area contributed by atoms with Crippen molar-refractivity contribution in [3.05, 3.63) is 47.8 Å². The first-order valence-corrected chi connectivity index (χ1v) is 6.78. The first kappa shape index (κ1) is 14.3. The Morgan fingerprint density at radius 3 is 2.90 bits per heavy atom. The molecule has 0 bridgehead atoms. The van der Waals surface area contributed by atoms with Gasteiger partial charge in [0.1, 0.15) is 5.82 Å². The van der Waals surface area contributed by atoms with Crippen LogP contribution in [0.5, 0.6) is 5.88 Å². The number of aromatic nitrogens is 2. The van der Waals surface area contributed by atoms with Gasteiger partial charge in [-0.25, -0.2) is 0 Å². The van der Waals surface area contributed by atoms with Gasteiger partial charge in [0.25, 0.3) is 0 Å². The summed E-state index contributed by atoms with van der Waals surface area (Å²) in [5.41, 5.74) is 7.92.